The topological polar surface area (TPSA) is 85.1 Å². The summed E-state index contributed by atoms with van der Waals surface area (Å²) >= 11 is 0. The SMILES string of the molecule is CCCNCCc1nnc(-c2ccc(S(C)(=O)=O)cc2)o1. The largest absolute Gasteiger partial charge is 0.421 e. The molecular formula is C14H19N3O3S. The number of rotatable bonds is 7. The van der Waals surface area contributed by atoms with Gasteiger partial charge in [0.25, 0.3) is 0 Å². The second-order valence-corrected chi connectivity index (χ2v) is 6.81. The Balaban J connectivity index is 2.04. The van der Waals surface area contributed by atoms with Crippen molar-refractivity contribution in [3.8, 4) is 11.5 Å². The molecular weight excluding hydrogens is 290 g/mol. The second kappa shape index (κ2) is 6.82. The molecule has 0 saturated heterocycles. The lowest BCUT2D eigenvalue weighted by Gasteiger charge is -1.99. The highest BCUT2D eigenvalue weighted by atomic mass is 32.2. The molecule has 6 nitrogen and oxygen atoms in total. The van der Waals surface area contributed by atoms with Gasteiger partial charge in [0.1, 0.15) is 0 Å². The Morgan fingerprint density at radius 1 is 1.14 bits per heavy atom. The molecule has 0 bridgehead atoms. The lowest BCUT2D eigenvalue weighted by atomic mass is 10.2. The number of benzene rings is 1. The summed E-state index contributed by atoms with van der Waals surface area (Å²) in [5, 5.41) is 11.2. The van der Waals surface area contributed by atoms with E-state index >= 15 is 0 Å². The Morgan fingerprint density at radius 2 is 1.86 bits per heavy atom. The minimum atomic E-state index is -3.19. The fraction of sp³-hybridized carbons (Fsp3) is 0.429. The first-order valence-electron chi connectivity index (χ1n) is 6.84. The third-order valence-corrected chi connectivity index (χ3v) is 4.07. The van der Waals surface area contributed by atoms with Crippen LogP contribution >= 0.6 is 0 Å². The maximum absolute atomic E-state index is 11.4. The molecule has 0 atom stereocenters. The van der Waals surface area contributed by atoms with Crippen LogP contribution in [0.2, 0.25) is 0 Å². The minimum Gasteiger partial charge on any atom is -0.421 e. The van der Waals surface area contributed by atoms with Crippen molar-refractivity contribution in [3.63, 3.8) is 0 Å². The minimum absolute atomic E-state index is 0.273. The smallest absolute Gasteiger partial charge is 0.247 e. The number of aromatic nitrogens is 2. The van der Waals surface area contributed by atoms with E-state index in [1.807, 2.05) is 0 Å². The molecule has 0 aliphatic heterocycles. The van der Waals surface area contributed by atoms with E-state index in [1.54, 1.807) is 12.1 Å². The molecule has 1 aromatic carbocycles. The first-order chi connectivity index (χ1) is 10.0. The summed E-state index contributed by atoms with van der Waals surface area (Å²) in [6.07, 6.45) is 2.94. The van der Waals surface area contributed by atoms with E-state index in [-0.39, 0.29) is 4.90 Å². The van der Waals surface area contributed by atoms with E-state index in [1.165, 1.54) is 18.4 Å². The summed E-state index contributed by atoms with van der Waals surface area (Å²) in [5.41, 5.74) is 0.711. The van der Waals surface area contributed by atoms with Crippen LogP contribution in [0.3, 0.4) is 0 Å². The molecule has 2 rings (SSSR count). The standard InChI is InChI=1S/C14H19N3O3S/c1-3-9-15-10-8-13-16-17-14(20-13)11-4-6-12(7-5-11)21(2,18)19/h4-7,15H,3,8-10H2,1-2H3. The zero-order valence-corrected chi connectivity index (χ0v) is 13.0. The molecule has 0 radical (unpaired) electrons. The van der Waals surface area contributed by atoms with Crippen molar-refractivity contribution in [2.45, 2.75) is 24.7 Å². The van der Waals surface area contributed by atoms with Gasteiger partial charge in [-0.25, -0.2) is 8.42 Å². The maximum atomic E-state index is 11.4. The molecule has 1 aromatic heterocycles. The Labute approximate surface area is 124 Å². The van der Waals surface area contributed by atoms with Crippen LogP contribution in [-0.4, -0.2) is 38.0 Å². The number of sulfone groups is 1. The van der Waals surface area contributed by atoms with Crippen molar-refractivity contribution in [1.82, 2.24) is 15.5 Å². The Hall–Kier alpha value is -1.73. The fourth-order valence-electron chi connectivity index (χ4n) is 1.81. The highest BCUT2D eigenvalue weighted by Gasteiger charge is 2.11. The Kier molecular flexibility index (Phi) is 5.08. The molecule has 7 heteroatoms. The molecule has 0 aliphatic rings. The van der Waals surface area contributed by atoms with Gasteiger partial charge in [0.15, 0.2) is 9.84 Å². The predicted octanol–water partition coefficient (Wildman–Crippen LogP) is 1.68. The van der Waals surface area contributed by atoms with Gasteiger partial charge < -0.3 is 9.73 Å². The number of hydrogen-bond donors (Lipinski definition) is 1. The van der Waals surface area contributed by atoms with Crippen LogP contribution in [0.1, 0.15) is 19.2 Å². The molecule has 0 spiro atoms. The molecule has 0 fully saturated rings. The van der Waals surface area contributed by atoms with Crippen molar-refractivity contribution < 1.29 is 12.8 Å². The van der Waals surface area contributed by atoms with Crippen molar-refractivity contribution in [3.05, 3.63) is 30.2 Å². The van der Waals surface area contributed by atoms with Gasteiger partial charge in [-0.1, -0.05) is 6.92 Å². The summed E-state index contributed by atoms with van der Waals surface area (Å²) in [5.74, 6) is 0.973. The maximum Gasteiger partial charge on any atom is 0.247 e. The first-order valence-corrected chi connectivity index (χ1v) is 8.73. The molecule has 1 heterocycles. The predicted molar refractivity (Wildman–Crippen MR) is 79.7 cm³/mol. The second-order valence-electron chi connectivity index (χ2n) is 4.80. The van der Waals surface area contributed by atoms with E-state index < -0.39 is 9.84 Å². The van der Waals surface area contributed by atoms with Gasteiger partial charge in [0, 0.05) is 24.8 Å². The van der Waals surface area contributed by atoms with Gasteiger partial charge in [0.2, 0.25) is 11.8 Å². The van der Waals surface area contributed by atoms with Crippen LogP contribution in [0, 0.1) is 0 Å². The summed E-state index contributed by atoms with van der Waals surface area (Å²) in [6, 6.07) is 6.42. The van der Waals surface area contributed by atoms with E-state index in [0.717, 1.165) is 19.5 Å². The fourth-order valence-corrected chi connectivity index (χ4v) is 2.44. The molecule has 0 amide bonds. The monoisotopic (exact) mass is 309 g/mol. The highest BCUT2D eigenvalue weighted by Crippen LogP contribution is 2.20. The first kappa shape index (κ1) is 15.7. The van der Waals surface area contributed by atoms with Crippen LogP contribution < -0.4 is 5.32 Å². The van der Waals surface area contributed by atoms with Crippen LogP contribution in [0.5, 0.6) is 0 Å². The number of hydrogen-bond acceptors (Lipinski definition) is 6. The quantitative estimate of drug-likeness (QED) is 0.783. The van der Waals surface area contributed by atoms with Crippen LogP contribution in [-0.2, 0) is 16.3 Å². The van der Waals surface area contributed by atoms with E-state index in [9.17, 15) is 8.42 Å². The van der Waals surface area contributed by atoms with Gasteiger partial charge in [0.05, 0.1) is 4.90 Å². The van der Waals surface area contributed by atoms with E-state index in [4.69, 9.17) is 4.42 Å². The Bertz CT molecular complexity index is 678. The van der Waals surface area contributed by atoms with Gasteiger partial charge in [-0.3, -0.25) is 0 Å². The summed E-state index contributed by atoms with van der Waals surface area (Å²) in [6.45, 7) is 3.87. The zero-order chi connectivity index (χ0) is 15.3. The highest BCUT2D eigenvalue weighted by molar-refractivity contribution is 7.90. The van der Waals surface area contributed by atoms with Crippen LogP contribution in [0.4, 0.5) is 0 Å². The van der Waals surface area contributed by atoms with Gasteiger partial charge in [-0.2, -0.15) is 0 Å². The number of nitrogens with one attached hydrogen (secondary N) is 1. The van der Waals surface area contributed by atoms with Crippen LogP contribution in [0.25, 0.3) is 11.5 Å². The van der Waals surface area contributed by atoms with Crippen LogP contribution in [0.15, 0.2) is 33.6 Å². The van der Waals surface area contributed by atoms with Crippen molar-refractivity contribution in [2.75, 3.05) is 19.3 Å². The van der Waals surface area contributed by atoms with Gasteiger partial charge in [-0.15, -0.1) is 10.2 Å². The summed E-state index contributed by atoms with van der Waals surface area (Å²) < 4.78 is 28.4. The van der Waals surface area contributed by atoms with Gasteiger partial charge in [-0.05, 0) is 37.2 Å². The molecule has 0 unspecified atom stereocenters. The van der Waals surface area contributed by atoms with Crippen molar-refractivity contribution >= 4 is 9.84 Å². The molecule has 1 N–H and O–H groups in total. The molecule has 2 aromatic rings. The van der Waals surface area contributed by atoms with Gasteiger partial charge >= 0.3 is 0 Å². The average Bonchev–Trinajstić information content (AvgIpc) is 2.92. The summed E-state index contributed by atoms with van der Waals surface area (Å²) in [7, 11) is -3.19. The zero-order valence-electron chi connectivity index (χ0n) is 12.2. The third-order valence-electron chi connectivity index (χ3n) is 2.94. The molecule has 114 valence electrons. The van der Waals surface area contributed by atoms with E-state index in [2.05, 4.69) is 22.4 Å². The van der Waals surface area contributed by atoms with E-state index in [0.29, 0.717) is 23.8 Å². The normalized spacial score (nSPS) is 11.7. The molecule has 0 aliphatic carbocycles. The molecule has 0 saturated carbocycles. The molecule has 21 heavy (non-hydrogen) atoms. The van der Waals surface area contributed by atoms with Crippen molar-refractivity contribution in [1.29, 1.82) is 0 Å². The lowest BCUT2D eigenvalue weighted by molar-refractivity contribution is 0.494. The average molecular weight is 309 g/mol. The lowest BCUT2D eigenvalue weighted by Crippen LogP contribution is -2.17. The van der Waals surface area contributed by atoms with Crippen molar-refractivity contribution in [2.24, 2.45) is 0 Å². The summed E-state index contributed by atoms with van der Waals surface area (Å²) in [4.78, 5) is 0.273. The third kappa shape index (κ3) is 4.37. The number of nitrogens with zero attached hydrogens (tertiary/aromatic N) is 2. The Morgan fingerprint density at radius 3 is 2.48 bits per heavy atom.